The van der Waals surface area contributed by atoms with Crippen LogP contribution in [0, 0.1) is 5.92 Å². The topological polar surface area (TPSA) is 15.3 Å². The Bertz CT molecular complexity index is 437. The van der Waals surface area contributed by atoms with Gasteiger partial charge < -0.3 is 5.32 Å². The van der Waals surface area contributed by atoms with E-state index in [2.05, 4.69) is 69.2 Å². The van der Waals surface area contributed by atoms with Crippen molar-refractivity contribution in [2.75, 3.05) is 13.6 Å². The van der Waals surface area contributed by atoms with Crippen molar-refractivity contribution >= 4 is 0 Å². The van der Waals surface area contributed by atoms with Gasteiger partial charge in [0.2, 0.25) is 0 Å². The zero-order valence-corrected chi connectivity index (χ0v) is 14.4. The lowest BCUT2D eigenvalue weighted by atomic mass is 10.00. The normalized spacial score (nSPS) is 21.5. The Hall–Kier alpha value is -0.860. The molecule has 0 radical (unpaired) electrons. The number of benzene rings is 1. The average Bonchev–Trinajstić information content (AvgIpc) is 2.85. The van der Waals surface area contributed by atoms with E-state index in [1.807, 2.05) is 0 Å². The van der Waals surface area contributed by atoms with Crippen LogP contribution in [0.25, 0.3) is 0 Å². The minimum absolute atomic E-state index is 0.473. The lowest BCUT2D eigenvalue weighted by Crippen LogP contribution is -2.49. The summed E-state index contributed by atoms with van der Waals surface area (Å²) in [6.07, 6.45) is 3.67. The number of nitrogens with zero attached hydrogens (tertiary/aromatic N) is 1. The van der Waals surface area contributed by atoms with Crippen LogP contribution in [0.1, 0.15) is 57.7 Å². The molecule has 0 bridgehead atoms. The third-order valence-corrected chi connectivity index (χ3v) is 4.93. The largest absolute Gasteiger partial charge is 0.312 e. The van der Waals surface area contributed by atoms with E-state index in [0.717, 1.165) is 0 Å². The van der Waals surface area contributed by atoms with Crippen LogP contribution in [-0.4, -0.2) is 30.6 Å². The predicted molar refractivity (Wildman–Crippen MR) is 91.6 cm³/mol. The summed E-state index contributed by atoms with van der Waals surface area (Å²) in [6, 6.07) is 10.7. The Balaban J connectivity index is 2.28. The van der Waals surface area contributed by atoms with Gasteiger partial charge in [-0.25, -0.2) is 0 Å². The maximum absolute atomic E-state index is 3.59. The average molecular weight is 288 g/mol. The first kappa shape index (κ1) is 16.5. The van der Waals surface area contributed by atoms with Crippen LogP contribution in [0.5, 0.6) is 0 Å². The van der Waals surface area contributed by atoms with Crippen molar-refractivity contribution in [2.24, 2.45) is 5.92 Å². The monoisotopic (exact) mass is 288 g/mol. The second kappa shape index (κ2) is 7.42. The molecule has 2 unspecified atom stereocenters. The zero-order valence-electron chi connectivity index (χ0n) is 14.4. The summed E-state index contributed by atoms with van der Waals surface area (Å²) in [5.41, 5.74) is 3.03. The highest BCUT2D eigenvalue weighted by Crippen LogP contribution is 2.36. The summed E-state index contributed by atoms with van der Waals surface area (Å²) in [6.45, 7) is 10.5. The van der Waals surface area contributed by atoms with Gasteiger partial charge in [0.1, 0.15) is 0 Å². The van der Waals surface area contributed by atoms with Crippen molar-refractivity contribution in [1.82, 2.24) is 10.2 Å². The summed E-state index contributed by atoms with van der Waals surface area (Å²) >= 11 is 0. The Morgan fingerprint density at radius 1 is 1.19 bits per heavy atom. The molecule has 0 spiro atoms. The molecule has 1 N–H and O–H groups in total. The van der Waals surface area contributed by atoms with E-state index in [1.165, 1.54) is 36.9 Å². The predicted octanol–water partition coefficient (Wildman–Crippen LogP) is 4.02. The number of likely N-dealkylation sites (N-methyl/N-ethyl adjacent to an activating group) is 1. The van der Waals surface area contributed by atoms with Crippen LogP contribution >= 0.6 is 0 Å². The molecule has 0 heterocycles. The van der Waals surface area contributed by atoms with Gasteiger partial charge in [0.05, 0.1) is 0 Å². The number of hydrogen-bond acceptors (Lipinski definition) is 2. The minimum Gasteiger partial charge on any atom is -0.312 e. The van der Waals surface area contributed by atoms with Crippen molar-refractivity contribution in [2.45, 2.75) is 65.1 Å². The second-order valence-electron chi connectivity index (χ2n) is 6.80. The number of hydrogen-bond donors (Lipinski definition) is 1. The van der Waals surface area contributed by atoms with Crippen molar-refractivity contribution in [3.05, 3.63) is 35.4 Å². The van der Waals surface area contributed by atoms with E-state index in [0.29, 0.717) is 24.0 Å². The quantitative estimate of drug-likeness (QED) is 0.815. The molecular formula is C19H32N2. The van der Waals surface area contributed by atoms with Crippen LogP contribution in [0.3, 0.4) is 0 Å². The molecule has 0 saturated carbocycles. The maximum atomic E-state index is 3.59. The second-order valence-corrected chi connectivity index (χ2v) is 6.80. The number of nitrogens with one attached hydrogen (secondary N) is 1. The summed E-state index contributed by atoms with van der Waals surface area (Å²) in [7, 11) is 2.11. The van der Waals surface area contributed by atoms with Gasteiger partial charge in [-0.05, 0) is 43.4 Å². The maximum Gasteiger partial charge on any atom is 0.0481 e. The van der Waals surface area contributed by atoms with Crippen molar-refractivity contribution < 1.29 is 0 Å². The van der Waals surface area contributed by atoms with Gasteiger partial charge in [0.25, 0.3) is 0 Å². The molecule has 2 heteroatoms. The van der Waals surface area contributed by atoms with Crippen LogP contribution in [-0.2, 0) is 6.42 Å². The molecule has 0 aliphatic heterocycles. The number of fused-ring (bicyclic) bond motifs is 1. The SMILES string of the molecule is CCC(CC)N(CC(C)C)C1Cc2ccccc2C1NC. The summed E-state index contributed by atoms with van der Waals surface area (Å²) in [4.78, 5) is 2.78. The van der Waals surface area contributed by atoms with E-state index in [1.54, 1.807) is 0 Å². The van der Waals surface area contributed by atoms with Gasteiger partial charge in [-0.3, -0.25) is 4.90 Å². The summed E-state index contributed by atoms with van der Waals surface area (Å²) in [5.74, 6) is 0.715. The molecule has 2 rings (SSSR count). The highest BCUT2D eigenvalue weighted by molar-refractivity contribution is 5.37. The number of rotatable bonds is 7. The summed E-state index contributed by atoms with van der Waals surface area (Å²) in [5, 5.41) is 3.59. The molecule has 2 atom stereocenters. The molecule has 0 fully saturated rings. The Kier molecular flexibility index (Phi) is 5.83. The molecule has 118 valence electrons. The molecule has 2 nitrogen and oxygen atoms in total. The Labute approximate surface area is 130 Å². The first-order valence-electron chi connectivity index (χ1n) is 8.63. The molecule has 1 aliphatic rings. The molecule has 0 aromatic heterocycles. The third kappa shape index (κ3) is 3.49. The smallest absolute Gasteiger partial charge is 0.0481 e. The molecule has 1 aromatic carbocycles. The Morgan fingerprint density at radius 3 is 2.43 bits per heavy atom. The minimum atomic E-state index is 0.473. The highest BCUT2D eigenvalue weighted by Gasteiger charge is 2.37. The summed E-state index contributed by atoms with van der Waals surface area (Å²) < 4.78 is 0. The fraction of sp³-hybridized carbons (Fsp3) is 0.684. The van der Waals surface area contributed by atoms with Crippen LogP contribution in [0.15, 0.2) is 24.3 Å². The van der Waals surface area contributed by atoms with E-state index < -0.39 is 0 Å². The van der Waals surface area contributed by atoms with Crippen molar-refractivity contribution in [3.63, 3.8) is 0 Å². The first-order valence-corrected chi connectivity index (χ1v) is 8.63. The molecule has 1 aliphatic carbocycles. The van der Waals surface area contributed by atoms with Gasteiger partial charge in [-0.15, -0.1) is 0 Å². The van der Waals surface area contributed by atoms with Gasteiger partial charge in [0.15, 0.2) is 0 Å². The van der Waals surface area contributed by atoms with Crippen LogP contribution < -0.4 is 5.32 Å². The van der Waals surface area contributed by atoms with E-state index in [-0.39, 0.29) is 0 Å². The standard InChI is InChI=1S/C19H32N2/c1-6-16(7-2)21(13-14(3)4)18-12-15-10-8-9-11-17(15)19(18)20-5/h8-11,14,16,18-20H,6-7,12-13H2,1-5H3. The molecular weight excluding hydrogens is 256 g/mol. The van der Waals surface area contributed by atoms with Crippen LogP contribution in [0.2, 0.25) is 0 Å². The van der Waals surface area contributed by atoms with Gasteiger partial charge >= 0.3 is 0 Å². The third-order valence-electron chi connectivity index (χ3n) is 4.93. The van der Waals surface area contributed by atoms with Gasteiger partial charge in [-0.1, -0.05) is 52.0 Å². The van der Waals surface area contributed by atoms with Gasteiger partial charge in [0, 0.05) is 24.7 Å². The Morgan fingerprint density at radius 2 is 1.86 bits per heavy atom. The first-order chi connectivity index (χ1) is 10.1. The van der Waals surface area contributed by atoms with Gasteiger partial charge in [-0.2, -0.15) is 0 Å². The van der Waals surface area contributed by atoms with E-state index in [9.17, 15) is 0 Å². The zero-order chi connectivity index (χ0) is 15.4. The van der Waals surface area contributed by atoms with Crippen molar-refractivity contribution in [1.29, 1.82) is 0 Å². The van der Waals surface area contributed by atoms with Crippen LogP contribution in [0.4, 0.5) is 0 Å². The molecule has 0 amide bonds. The van der Waals surface area contributed by atoms with E-state index >= 15 is 0 Å². The molecule has 21 heavy (non-hydrogen) atoms. The van der Waals surface area contributed by atoms with Crippen molar-refractivity contribution in [3.8, 4) is 0 Å². The lowest BCUT2D eigenvalue weighted by molar-refractivity contribution is 0.0925. The fourth-order valence-electron chi connectivity index (χ4n) is 3.97. The fourth-order valence-corrected chi connectivity index (χ4v) is 3.97. The molecule has 0 saturated heterocycles. The van der Waals surface area contributed by atoms with E-state index in [4.69, 9.17) is 0 Å². The lowest BCUT2D eigenvalue weighted by Gasteiger charge is -2.40. The highest BCUT2D eigenvalue weighted by atomic mass is 15.2. The molecule has 1 aromatic rings.